The van der Waals surface area contributed by atoms with E-state index in [2.05, 4.69) is 41.7 Å². The largest absolute Gasteiger partial charge is 0.456 e. The maximum Gasteiger partial charge on any atom is 0.408 e. The van der Waals surface area contributed by atoms with E-state index >= 15 is 4.79 Å². The minimum Gasteiger partial charge on any atom is -0.456 e. The van der Waals surface area contributed by atoms with Crippen molar-refractivity contribution in [1.29, 1.82) is 0 Å². The average molecular weight is 729 g/mol. The van der Waals surface area contributed by atoms with Crippen LogP contribution in [0.25, 0.3) is 11.1 Å². The van der Waals surface area contributed by atoms with Crippen LogP contribution in [0.15, 0.2) is 133 Å². The molecule has 0 aliphatic rings. The Morgan fingerprint density at radius 2 is 1.17 bits per heavy atom. The molecule has 1 amide bonds. The zero-order valence-corrected chi connectivity index (χ0v) is 32.0. The Balaban J connectivity index is 1.64. The van der Waals surface area contributed by atoms with Crippen LogP contribution in [0, 0.1) is 0 Å². The predicted octanol–water partition coefficient (Wildman–Crippen LogP) is 9.57. The van der Waals surface area contributed by atoms with Gasteiger partial charge >= 0.3 is 12.1 Å². The number of rotatable bonds is 12. The fourth-order valence-electron chi connectivity index (χ4n) is 6.24. The molecule has 274 valence electrons. The van der Waals surface area contributed by atoms with E-state index in [1.807, 2.05) is 99.6 Å². The van der Waals surface area contributed by atoms with Crippen molar-refractivity contribution in [3.63, 3.8) is 0 Å². The molecule has 0 fully saturated rings. The van der Waals surface area contributed by atoms with Gasteiger partial charge in [0.1, 0.15) is 17.2 Å². The molecule has 0 aliphatic carbocycles. The van der Waals surface area contributed by atoms with E-state index in [0.29, 0.717) is 27.8 Å². The van der Waals surface area contributed by atoms with Crippen LogP contribution in [0.4, 0.5) is 4.79 Å². The summed E-state index contributed by atoms with van der Waals surface area (Å²) < 4.78 is 10.6. The van der Waals surface area contributed by atoms with Gasteiger partial charge in [-0.3, -0.25) is 4.79 Å². The van der Waals surface area contributed by atoms with E-state index in [0.717, 1.165) is 16.7 Å². The zero-order chi connectivity index (χ0) is 38.2. The van der Waals surface area contributed by atoms with Gasteiger partial charge in [0.2, 0.25) is 0 Å². The lowest BCUT2D eigenvalue weighted by atomic mass is 9.84. The average Bonchev–Trinajstić information content (AvgIpc) is 3.14. The van der Waals surface area contributed by atoms with Crippen LogP contribution in [0.2, 0.25) is 0 Å². The number of hydrogen-bond acceptors (Lipinski definition) is 7. The highest BCUT2D eigenvalue weighted by molar-refractivity contribution is 8.00. The fraction of sp³-hybridized carbons (Fsp3) is 0.267. The lowest BCUT2D eigenvalue weighted by Crippen LogP contribution is -2.46. The monoisotopic (exact) mass is 728 g/mol. The van der Waals surface area contributed by atoms with Crippen molar-refractivity contribution >= 4 is 29.6 Å². The standard InChI is InChI=1S/C45H48N2O5S/c1-43(2,3)51-41(49)32-19-16-18-31(28-32)37-27-17-20-33(29-46)39(37)40(48)38(47-42(50)52-44(4,5)6)30-53-45(34-21-10-7-11-22-34,35-23-12-8-13-24-35)36-25-14-9-15-26-36/h7-28,38H,29-30,46H2,1-6H3,(H,47,50)/t38-/m0/s1. The third kappa shape index (κ3) is 9.63. The van der Waals surface area contributed by atoms with Crippen LogP contribution in [0.3, 0.4) is 0 Å². The Labute approximate surface area is 317 Å². The first-order valence-corrected chi connectivity index (χ1v) is 18.7. The van der Waals surface area contributed by atoms with Crippen molar-refractivity contribution in [3.05, 3.63) is 167 Å². The van der Waals surface area contributed by atoms with Gasteiger partial charge in [-0.05, 0) is 87.1 Å². The van der Waals surface area contributed by atoms with Gasteiger partial charge in [-0.1, -0.05) is 121 Å². The number of carbonyl (C=O) groups is 3. The van der Waals surface area contributed by atoms with Crippen LogP contribution in [-0.4, -0.2) is 40.8 Å². The van der Waals surface area contributed by atoms with E-state index in [9.17, 15) is 9.59 Å². The Morgan fingerprint density at radius 3 is 1.66 bits per heavy atom. The molecule has 0 spiro atoms. The zero-order valence-electron chi connectivity index (χ0n) is 31.2. The highest BCUT2D eigenvalue weighted by Crippen LogP contribution is 2.49. The highest BCUT2D eigenvalue weighted by Gasteiger charge is 2.39. The molecule has 5 aromatic carbocycles. The number of esters is 1. The van der Waals surface area contributed by atoms with Gasteiger partial charge in [0.25, 0.3) is 0 Å². The molecule has 0 saturated carbocycles. The SMILES string of the molecule is CC(C)(C)OC(=O)N[C@@H](CSC(c1ccccc1)(c1ccccc1)c1ccccc1)C(=O)c1c(CN)cccc1-c1cccc(C(=O)OC(C)(C)C)c1. The van der Waals surface area contributed by atoms with Gasteiger partial charge in [-0.2, -0.15) is 0 Å². The second-order valence-electron chi connectivity index (χ2n) is 14.8. The van der Waals surface area contributed by atoms with Gasteiger partial charge < -0.3 is 20.5 Å². The first kappa shape index (κ1) is 39.0. The topological polar surface area (TPSA) is 108 Å². The Kier molecular flexibility index (Phi) is 12.3. The van der Waals surface area contributed by atoms with Crippen LogP contribution >= 0.6 is 11.8 Å². The molecule has 7 nitrogen and oxygen atoms in total. The summed E-state index contributed by atoms with van der Waals surface area (Å²) in [5, 5.41) is 2.94. The molecule has 5 aromatic rings. The summed E-state index contributed by atoms with van der Waals surface area (Å²) in [5.74, 6) is -0.625. The van der Waals surface area contributed by atoms with E-state index in [1.54, 1.807) is 50.7 Å². The predicted molar refractivity (Wildman–Crippen MR) is 214 cm³/mol. The van der Waals surface area contributed by atoms with Gasteiger partial charge in [0.05, 0.1) is 10.3 Å². The second kappa shape index (κ2) is 16.7. The molecular weight excluding hydrogens is 681 g/mol. The summed E-state index contributed by atoms with van der Waals surface area (Å²) in [6.07, 6.45) is -0.708. The fourth-order valence-corrected chi connectivity index (χ4v) is 7.80. The van der Waals surface area contributed by atoms with E-state index in [-0.39, 0.29) is 18.1 Å². The maximum atomic E-state index is 15.1. The summed E-state index contributed by atoms with van der Waals surface area (Å²) >= 11 is 1.56. The molecule has 0 aromatic heterocycles. The van der Waals surface area contributed by atoms with Crippen molar-refractivity contribution in [2.45, 2.75) is 70.1 Å². The summed E-state index contributed by atoms with van der Waals surface area (Å²) in [4.78, 5) is 41.7. The van der Waals surface area contributed by atoms with Crippen molar-refractivity contribution in [2.75, 3.05) is 5.75 Å². The molecule has 5 rings (SSSR count). The van der Waals surface area contributed by atoms with Crippen LogP contribution in [0.1, 0.15) is 84.5 Å². The molecule has 0 bridgehead atoms. The van der Waals surface area contributed by atoms with Crippen molar-refractivity contribution in [1.82, 2.24) is 5.32 Å². The molecule has 53 heavy (non-hydrogen) atoms. The first-order valence-electron chi connectivity index (χ1n) is 17.7. The number of thioether (sulfide) groups is 1. The van der Waals surface area contributed by atoms with E-state index < -0.39 is 34.1 Å². The number of nitrogens with two attached hydrogens (primary N) is 1. The molecule has 0 radical (unpaired) electrons. The summed E-state index contributed by atoms with van der Waals surface area (Å²) in [6, 6.07) is 42.0. The Hall–Kier alpha value is -5.18. The smallest absolute Gasteiger partial charge is 0.408 e. The lowest BCUT2D eigenvalue weighted by molar-refractivity contribution is 0.00691. The molecule has 3 N–H and O–H groups in total. The number of alkyl carbamates (subject to hydrolysis) is 1. The lowest BCUT2D eigenvalue weighted by Gasteiger charge is -2.36. The van der Waals surface area contributed by atoms with Crippen LogP contribution in [-0.2, 0) is 20.8 Å². The number of amides is 1. The normalized spacial score (nSPS) is 12.4. The first-order chi connectivity index (χ1) is 25.2. The Bertz CT molecular complexity index is 1920. The number of nitrogens with one attached hydrogen (secondary N) is 1. The minimum absolute atomic E-state index is 0.0783. The van der Waals surface area contributed by atoms with Gasteiger partial charge in [0, 0.05) is 17.9 Å². The summed E-state index contributed by atoms with van der Waals surface area (Å²) in [5.41, 5.74) is 10.4. The van der Waals surface area contributed by atoms with Crippen molar-refractivity contribution in [2.24, 2.45) is 5.73 Å². The van der Waals surface area contributed by atoms with Crippen molar-refractivity contribution in [3.8, 4) is 11.1 Å². The van der Waals surface area contributed by atoms with Crippen molar-refractivity contribution < 1.29 is 23.9 Å². The highest BCUT2D eigenvalue weighted by atomic mass is 32.2. The third-order valence-corrected chi connectivity index (χ3v) is 10.1. The number of carbonyl (C=O) groups excluding carboxylic acids is 3. The quantitative estimate of drug-likeness (QED) is 0.0749. The molecule has 0 unspecified atom stereocenters. The molecule has 1 atom stereocenters. The number of ether oxygens (including phenoxy) is 2. The molecule has 0 heterocycles. The third-order valence-electron chi connectivity index (χ3n) is 8.44. The van der Waals surface area contributed by atoms with E-state index in [1.165, 1.54) is 0 Å². The molecule has 8 heteroatoms. The molecular formula is C45H48N2O5S. The number of ketones is 1. The molecule has 0 saturated heterocycles. The number of benzene rings is 5. The molecule has 0 aliphatic heterocycles. The number of hydrogen-bond donors (Lipinski definition) is 2. The van der Waals surface area contributed by atoms with Gasteiger partial charge in [0.15, 0.2) is 5.78 Å². The van der Waals surface area contributed by atoms with Gasteiger partial charge in [-0.25, -0.2) is 9.59 Å². The van der Waals surface area contributed by atoms with E-state index in [4.69, 9.17) is 15.2 Å². The van der Waals surface area contributed by atoms with Crippen LogP contribution < -0.4 is 11.1 Å². The van der Waals surface area contributed by atoms with Crippen LogP contribution in [0.5, 0.6) is 0 Å². The maximum absolute atomic E-state index is 15.1. The van der Waals surface area contributed by atoms with Gasteiger partial charge in [-0.15, -0.1) is 11.8 Å². The number of Topliss-reactive ketones (excluding diaryl/α,β-unsaturated/α-hetero) is 1. The summed E-state index contributed by atoms with van der Waals surface area (Å²) in [6.45, 7) is 10.9. The summed E-state index contributed by atoms with van der Waals surface area (Å²) in [7, 11) is 0. The Morgan fingerprint density at radius 1 is 0.660 bits per heavy atom. The second-order valence-corrected chi connectivity index (χ2v) is 16.0. The minimum atomic E-state index is -1.04.